The highest BCUT2D eigenvalue weighted by molar-refractivity contribution is 6.36. The number of aryl methyl sites for hydroxylation is 1. The molecule has 2 aromatic heterocycles. The topological polar surface area (TPSA) is 83.3 Å². The molecule has 0 saturated carbocycles. The summed E-state index contributed by atoms with van der Waals surface area (Å²) in [5, 5.41) is 5.18. The lowest BCUT2D eigenvalue weighted by molar-refractivity contribution is 0.0999. The Balaban J connectivity index is 1.68. The zero-order valence-electron chi connectivity index (χ0n) is 17.6. The number of methoxy groups -OCH3 is 1. The fourth-order valence-electron chi connectivity index (χ4n) is 3.64. The van der Waals surface area contributed by atoms with E-state index in [0.29, 0.717) is 44.9 Å². The van der Waals surface area contributed by atoms with Crippen LogP contribution in [0.1, 0.15) is 21.6 Å². The lowest BCUT2D eigenvalue weighted by atomic mass is 10.1. The maximum Gasteiger partial charge on any atom is 0.250 e. The van der Waals surface area contributed by atoms with Gasteiger partial charge in [-0.2, -0.15) is 0 Å². The van der Waals surface area contributed by atoms with E-state index in [4.69, 9.17) is 38.2 Å². The predicted octanol–water partition coefficient (Wildman–Crippen LogP) is 5.78. The summed E-state index contributed by atoms with van der Waals surface area (Å²) in [4.78, 5) is 12.0. The number of hydrogen-bond donors (Lipinski definition) is 1. The Morgan fingerprint density at radius 3 is 2.53 bits per heavy atom. The lowest BCUT2D eigenvalue weighted by Crippen LogP contribution is -2.13. The molecule has 32 heavy (non-hydrogen) atoms. The molecule has 0 saturated heterocycles. The highest BCUT2D eigenvalue weighted by atomic mass is 35.5. The molecule has 0 radical (unpaired) electrons. The molecular weight excluding hydrogens is 449 g/mol. The van der Waals surface area contributed by atoms with Gasteiger partial charge in [-0.3, -0.25) is 4.79 Å². The summed E-state index contributed by atoms with van der Waals surface area (Å²) < 4.78 is 12.9. The molecule has 6 nitrogen and oxygen atoms in total. The van der Waals surface area contributed by atoms with Gasteiger partial charge in [0.05, 0.1) is 23.4 Å². The van der Waals surface area contributed by atoms with Gasteiger partial charge in [-0.15, -0.1) is 0 Å². The number of amides is 1. The van der Waals surface area contributed by atoms with Crippen LogP contribution in [0.15, 0.2) is 59.1 Å². The molecule has 4 rings (SSSR count). The lowest BCUT2D eigenvalue weighted by Gasteiger charge is -2.11. The number of benzene rings is 2. The second kappa shape index (κ2) is 9.10. The van der Waals surface area contributed by atoms with Gasteiger partial charge < -0.3 is 19.6 Å². The van der Waals surface area contributed by atoms with E-state index in [1.807, 2.05) is 35.8 Å². The zero-order valence-corrected chi connectivity index (χ0v) is 19.1. The highest BCUT2D eigenvalue weighted by Crippen LogP contribution is 2.34. The minimum Gasteiger partial charge on any atom is -0.497 e. The van der Waals surface area contributed by atoms with Crippen LogP contribution in [0.5, 0.6) is 5.75 Å². The molecule has 4 aromatic rings. The largest absolute Gasteiger partial charge is 0.497 e. The van der Waals surface area contributed by atoms with Crippen LogP contribution in [0.2, 0.25) is 10.0 Å². The first-order valence-electron chi connectivity index (χ1n) is 9.92. The van der Waals surface area contributed by atoms with E-state index in [0.717, 1.165) is 23.4 Å². The van der Waals surface area contributed by atoms with Crippen LogP contribution in [-0.2, 0) is 13.0 Å². The third-order valence-electron chi connectivity index (χ3n) is 5.38. The Bertz CT molecular complexity index is 1280. The molecule has 0 bridgehead atoms. The Labute approximate surface area is 195 Å². The molecule has 0 fully saturated rings. The van der Waals surface area contributed by atoms with Crippen molar-refractivity contribution in [1.29, 1.82) is 0 Å². The minimum absolute atomic E-state index is 0.442. The van der Waals surface area contributed by atoms with Gasteiger partial charge in [0, 0.05) is 28.9 Å². The van der Waals surface area contributed by atoms with Crippen molar-refractivity contribution in [3.8, 4) is 28.5 Å². The number of ether oxygens (including phenoxy) is 1. The molecule has 1 amide bonds. The first-order chi connectivity index (χ1) is 15.4. The van der Waals surface area contributed by atoms with E-state index < -0.39 is 5.91 Å². The Morgan fingerprint density at radius 2 is 1.88 bits per heavy atom. The molecule has 2 heterocycles. The SMILES string of the molecule is COc1ccc(CCn2c(-c3cc(-c4ccc(Cl)cc4Cl)no3)cc(C(N)=O)c2C)cc1. The van der Waals surface area contributed by atoms with Gasteiger partial charge in [-0.1, -0.05) is 40.5 Å². The molecule has 0 spiro atoms. The number of carbonyl (C=O) groups is 1. The summed E-state index contributed by atoms with van der Waals surface area (Å²) in [6.45, 7) is 2.49. The normalized spacial score (nSPS) is 11.0. The molecule has 0 aliphatic rings. The predicted molar refractivity (Wildman–Crippen MR) is 125 cm³/mol. The Kier molecular flexibility index (Phi) is 6.26. The second-order valence-electron chi connectivity index (χ2n) is 7.34. The third kappa shape index (κ3) is 4.38. The first-order valence-corrected chi connectivity index (χ1v) is 10.7. The Hall–Kier alpha value is -3.22. The summed E-state index contributed by atoms with van der Waals surface area (Å²) in [5.74, 6) is 0.821. The maximum absolute atomic E-state index is 12.0. The van der Waals surface area contributed by atoms with Crippen LogP contribution in [0.25, 0.3) is 22.7 Å². The average Bonchev–Trinajstić information content (AvgIpc) is 3.37. The van der Waals surface area contributed by atoms with Crippen molar-refractivity contribution < 1.29 is 14.1 Å². The van der Waals surface area contributed by atoms with E-state index in [1.165, 1.54) is 0 Å². The van der Waals surface area contributed by atoms with Crippen LogP contribution < -0.4 is 10.5 Å². The quantitative estimate of drug-likeness (QED) is 0.372. The van der Waals surface area contributed by atoms with Crippen molar-refractivity contribution in [1.82, 2.24) is 9.72 Å². The van der Waals surface area contributed by atoms with Crippen molar-refractivity contribution in [2.24, 2.45) is 5.73 Å². The second-order valence-corrected chi connectivity index (χ2v) is 8.19. The average molecular weight is 470 g/mol. The van der Waals surface area contributed by atoms with Gasteiger partial charge in [-0.25, -0.2) is 0 Å². The number of nitrogens with zero attached hydrogens (tertiary/aromatic N) is 2. The van der Waals surface area contributed by atoms with Gasteiger partial charge in [0.15, 0.2) is 5.76 Å². The summed E-state index contributed by atoms with van der Waals surface area (Å²) in [6, 6.07) is 16.6. The van der Waals surface area contributed by atoms with Gasteiger partial charge >= 0.3 is 0 Å². The van der Waals surface area contributed by atoms with Crippen molar-refractivity contribution in [3.63, 3.8) is 0 Å². The number of rotatable bonds is 7. The fraction of sp³-hybridized carbons (Fsp3) is 0.167. The number of halogens is 2. The van der Waals surface area contributed by atoms with Gasteiger partial charge in [0.2, 0.25) is 0 Å². The van der Waals surface area contributed by atoms with E-state index in [9.17, 15) is 4.79 Å². The number of aromatic nitrogens is 2. The highest BCUT2D eigenvalue weighted by Gasteiger charge is 2.20. The molecule has 164 valence electrons. The van der Waals surface area contributed by atoms with Crippen LogP contribution >= 0.6 is 23.2 Å². The number of nitrogens with two attached hydrogens (primary N) is 1. The molecule has 2 aromatic carbocycles. The zero-order chi connectivity index (χ0) is 22.8. The van der Waals surface area contributed by atoms with E-state index in [-0.39, 0.29) is 0 Å². The summed E-state index contributed by atoms with van der Waals surface area (Å²) in [5.41, 5.74) is 9.94. The van der Waals surface area contributed by atoms with Gasteiger partial charge in [-0.05, 0) is 55.3 Å². The molecule has 2 N–H and O–H groups in total. The summed E-state index contributed by atoms with van der Waals surface area (Å²) in [6.07, 6.45) is 0.745. The summed E-state index contributed by atoms with van der Waals surface area (Å²) in [7, 11) is 1.64. The number of primary amides is 1. The van der Waals surface area contributed by atoms with Crippen LogP contribution in [0.3, 0.4) is 0 Å². The minimum atomic E-state index is -0.493. The summed E-state index contributed by atoms with van der Waals surface area (Å²) >= 11 is 12.3. The third-order valence-corrected chi connectivity index (χ3v) is 5.93. The molecule has 0 aliphatic heterocycles. The smallest absolute Gasteiger partial charge is 0.250 e. The molecule has 0 atom stereocenters. The Morgan fingerprint density at radius 1 is 1.12 bits per heavy atom. The van der Waals surface area contributed by atoms with Crippen molar-refractivity contribution in [3.05, 3.63) is 81.5 Å². The van der Waals surface area contributed by atoms with Gasteiger partial charge in [0.25, 0.3) is 5.91 Å². The first kappa shape index (κ1) is 22.0. The van der Waals surface area contributed by atoms with Crippen LogP contribution in [0.4, 0.5) is 0 Å². The van der Waals surface area contributed by atoms with E-state index >= 15 is 0 Å². The number of hydrogen-bond acceptors (Lipinski definition) is 4. The van der Waals surface area contributed by atoms with E-state index in [1.54, 1.807) is 37.4 Å². The fourth-order valence-corrected chi connectivity index (χ4v) is 4.15. The van der Waals surface area contributed by atoms with Crippen LogP contribution in [-0.4, -0.2) is 22.7 Å². The standard InChI is InChI=1S/C24H21Cl2N3O3/c1-14-19(24(27)30)12-22(29(14)10-9-15-3-6-17(31-2)7-4-15)23-13-21(28-32-23)18-8-5-16(25)11-20(18)26/h3-8,11-13H,9-10H2,1-2H3,(H2,27,30). The van der Waals surface area contributed by atoms with Crippen LogP contribution in [0, 0.1) is 6.92 Å². The molecule has 0 unspecified atom stereocenters. The number of carbonyl (C=O) groups excluding carboxylic acids is 1. The molecule has 8 heteroatoms. The monoisotopic (exact) mass is 469 g/mol. The van der Waals surface area contributed by atoms with E-state index in [2.05, 4.69) is 5.16 Å². The molecule has 0 aliphatic carbocycles. The van der Waals surface area contributed by atoms with Crippen molar-refractivity contribution >= 4 is 29.1 Å². The van der Waals surface area contributed by atoms with Crippen molar-refractivity contribution in [2.75, 3.05) is 7.11 Å². The van der Waals surface area contributed by atoms with Gasteiger partial charge in [0.1, 0.15) is 11.4 Å². The maximum atomic E-state index is 12.0. The van der Waals surface area contributed by atoms with Crippen molar-refractivity contribution in [2.45, 2.75) is 19.9 Å². The molecular formula is C24H21Cl2N3O3.